The summed E-state index contributed by atoms with van der Waals surface area (Å²) in [6.45, 7) is 2.29. The summed E-state index contributed by atoms with van der Waals surface area (Å²) in [5, 5.41) is 6.38. The van der Waals surface area contributed by atoms with Crippen molar-refractivity contribution in [3.63, 3.8) is 0 Å². The smallest absolute Gasteiger partial charge is 0.255 e. The van der Waals surface area contributed by atoms with Crippen LogP contribution in [-0.2, 0) is 6.54 Å². The van der Waals surface area contributed by atoms with Crippen molar-refractivity contribution in [3.8, 4) is 0 Å². The highest BCUT2D eigenvalue weighted by atomic mass is 35.5. The van der Waals surface area contributed by atoms with E-state index in [2.05, 4.69) is 15.5 Å². The number of rotatable bonds is 6. The molecule has 1 saturated heterocycles. The average molecular weight is 434 g/mol. The van der Waals surface area contributed by atoms with Crippen LogP contribution in [0.15, 0.2) is 72.8 Å². The molecule has 1 heterocycles. The lowest BCUT2D eigenvalue weighted by molar-refractivity contribution is 0.0950. The molecule has 4 rings (SSSR count). The molecule has 3 aromatic rings. The van der Waals surface area contributed by atoms with Gasteiger partial charge in [0.05, 0.1) is 5.56 Å². The summed E-state index contributed by atoms with van der Waals surface area (Å²) in [6.07, 6.45) is 2.22. The standard InChI is InChI=1S/C25H24ClN3O2/c26-20-10-6-9-19(15-20)24(30)28-21-11-12-23(29-13-4-5-14-29)22(16-21)25(31)27-17-18-7-2-1-3-8-18/h1-3,6-12,15-16H,4-5,13-14,17H2,(H,27,31)(H,28,30). The Balaban J connectivity index is 1.56. The van der Waals surface area contributed by atoms with Crippen LogP contribution in [0.5, 0.6) is 0 Å². The molecule has 0 atom stereocenters. The molecule has 158 valence electrons. The topological polar surface area (TPSA) is 61.4 Å². The maximum absolute atomic E-state index is 13.1. The van der Waals surface area contributed by atoms with Gasteiger partial charge >= 0.3 is 0 Å². The van der Waals surface area contributed by atoms with E-state index in [1.165, 1.54) is 0 Å². The molecule has 2 amide bonds. The molecule has 1 fully saturated rings. The van der Waals surface area contributed by atoms with E-state index < -0.39 is 0 Å². The quantitative estimate of drug-likeness (QED) is 0.567. The SMILES string of the molecule is O=C(Nc1ccc(N2CCCC2)c(C(=O)NCc2ccccc2)c1)c1cccc(Cl)c1. The molecule has 0 unspecified atom stereocenters. The van der Waals surface area contributed by atoms with E-state index in [1.807, 2.05) is 42.5 Å². The number of benzene rings is 3. The third kappa shape index (κ3) is 5.25. The average Bonchev–Trinajstić information content (AvgIpc) is 3.33. The summed E-state index contributed by atoms with van der Waals surface area (Å²) < 4.78 is 0. The Hall–Kier alpha value is -3.31. The van der Waals surface area contributed by atoms with E-state index in [0.29, 0.717) is 28.4 Å². The van der Waals surface area contributed by atoms with Crippen LogP contribution in [0.1, 0.15) is 39.1 Å². The number of hydrogen-bond acceptors (Lipinski definition) is 3. The van der Waals surface area contributed by atoms with Gasteiger partial charge in [0.15, 0.2) is 0 Å². The Morgan fingerprint density at radius 1 is 0.871 bits per heavy atom. The molecule has 0 saturated carbocycles. The zero-order chi connectivity index (χ0) is 21.6. The number of anilines is 2. The van der Waals surface area contributed by atoms with Crippen LogP contribution < -0.4 is 15.5 Å². The number of hydrogen-bond donors (Lipinski definition) is 2. The summed E-state index contributed by atoms with van der Waals surface area (Å²) >= 11 is 6.00. The minimum absolute atomic E-state index is 0.162. The molecule has 2 N–H and O–H groups in total. The Bertz CT molecular complexity index is 1080. The van der Waals surface area contributed by atoms with Gasteiger partial charge in [0.25, 0.3) is 11.8 Å². The zero-order valence-electron chi connectivity index (χ0n) is 17.1. The lowest BCUT2D eigenvalue weighted by atomic mass is 10.1. The number of nitrogens with one attached hydrogen (secondary N) is 2. The van der Waals surface area contributed by atoms with E-state index in [0.717, 1.165) is 37.2 Å². The predicted octanol–water partition coefficient (Wildman–Crippen LogP) is 5.12. The number of carbonyl (C=O) groups excluding carboxylic acids is 2. The van der Waals surface area contributed by atoms with E-state index in [4.69, 9.17) is 11.6 Å². The van der Waals surface area contributed by atoms with Gasteiger partial charge in [-0.15, -0.1) is 0 Å². The number of carbonyl (C=O) groups is 2. The van der Waals surface area contributed by atoms with Crippen molar-refractivity contribution in [2.75, 3.05) is 23.3 Å². The molecule has 6 heteroatoms. The second-order valence-corrected chi connectivity index (χ2v) is 8.00. The highest BCUT2D eigenvalue weighted by Crippen LogP contribution is 2.28. The van der Waals surface area contributed by atoms with Crippen molar-refractivity contribution in [3.05, 3.63) is 94.5 Å². The maximum Gasteiger partial charge on any atom is 0.255 e. The van der Waals surface area contributed by atoms with Crippen molar-refractivity contribution in [1.82, 2.24) is 5.32 Å². The van der Waals surface area contributed by atoms with Gasteiger partial charge in [0.2, 0.25) is 0 Å². The molecule has 31 heavy (non-hydrogen) atoms. The van der Waals surface area contributed by atoms with E-state index in [1.54, 1.807) is 30.3 Å². The molecule has 1 aliphatic heterocycles. The van der Waals surface area contributed by atoms with Crippen LogP contribution in [-0.4, -0.2) is 24.9 Å². The minimum atomic E-state index is -0.271. The maximum atomic E-state index is 13.1. The van der Waals surface area contributed by atoms with Crippen molar-refractivity contribution in [2.24, 2.45) is 0 Å². The third-order valence-corrected chi connectivity index (χ3v) is 5.56. The summed E-state index contributed by atoms with van der Waals surface area (Å²) in [5.74, 6) is -0.434. The molecule has 0 aromatic heterocycles. The normalized spacial score (nSPS) is 13.1. The zero-order valence-corrected chi connectivity index (χ0v) is 17.9. The van der Waals surface area contributed by atoms with Gasteiger partial charge in [0.1, 0.15) is 0 Å². The lowest BCUT2D eigenvalue weighted by Gasteiger charge is -2.22. The molecule has 0 bridgehead atoms. The van der Waals surface area contributed by atoms with Crippen LogP contribution in [0, 0.1) is 0 Å². The van der Waals surface area contributed by atoms with Crippen LogP contribution in [0.25, 0.3) is 0 Å². The first-order valence-electron chi connectivity index (χ1n) is 10.4. The molecule has 3 aromatic carbocycles. The van der Waals surface area contributed by atoms with Crippen molar-refractivity contribution in [1.29, 1.82) is 0 Å². The fourth-order valence-corrected chi connectivity index (χ4v) is 3.93. The van der Waals surface area contributed by atoms with Crippen molar-refractivity contribution >= 4 is 34.8 Å². The lowest BCUT2D eigenvalue weighted by Crippen LogP contribution is -2.27. The summed E-state index contributed by atoms with van der Waals surface area (Å²) in [6, 6.07) is 22.1. The fraction of sp³-hybridized carbons (Fsp3) is 0.200. The molecule has 0 aliphatic carbocycles. The van der Waals surface area contributed by atoms with E-state index in [-0.39, 0.29) is 11.8 Å². The Labute approximate surface area is 187 Å². The number of nitrogens with zero attached hydrogens (tertiary/aromatic N) is 1. The van der Waals surface area contributed by atoms with Gasteiger partial charge in [-0.3, -0.25) is 9.59 Å². The largest absolute Gasteiger partial charge is 0.371 e. The summed E-state index contributed by atoms with van der Waals surface area (Å²) in [7, 11) is 0. The Morgan fingerprint density at radius 3 is 2.39 bits per heavy atom. The summed E-state index contributed by atoms with van der Waals surface area (Å²) in [5.41, 5.74) is 3.51. The minimum Gasteiger partial charge on any atom is -0.371 e. The molecule has 5 nitrogen and oxygen atoms in total. The van der Waals surface area contributed by atoms with Gasteiger partial charge < -0.3 is 15.5 Å². The molecular weight excluding hydrogens is 410 g/mol. The van der Waals surface area contributed by atoms with Crippen LogP contribution in [0.2, 0.25) is 5.02 Å². The Morgan fingerprint density at radius 2 is 1.65 bits per heavy atom. The van der Waals surface area contributed by atoms with Gasteiger partial charge in [0, 0.05) is 41.6 Å². The van der Waals surface area contributed by atoms with Crippen LogP contribution in [0.4, 0.5) is 11.4 Å². The first kappa shape index (κ1) is 20.9. The van der Waals surface area contributed by atoms with E-state index in [9.17, 15) is 9.59 Å². The summed E-state index contributed by atoms with van der Waals surface area (Å²) in [4.78, 5) is 27.9. The van der Waals surface area contributed by atoms with Crippen molar-refractivity contribution < 1.29 is 9.59 Å². The van der Waals surface area contributed by atoms with Gasteiger partial charge in [-0.2, -0.15) is 0 Å². The number of amides is 2. The van der Waals surface area contributed by atoms with Gasteiger partial charge in [-0.05, 0) is 54.8 Å². The first-order valence-corrected chi connectivity index (χ1v) is 10.8. The van der Waals surface area contributed by atoms with E-state index >= 15 is 0 Å². The van der Waals surface area contributed by atoms with Gasteiger partial charge in [-0.1, -0.05) is 48.0 Å². The van der Waals surface area contributed by atoms with Crippen LogP contribution in [0.3, 0.4) is 0 Å². The molecule has 0 radical (unpaired) electrons. The fourth-order valence-electron chi connectivity index (χ4n) is 3.74. The highest BCUT2D eigenvalue weighted by Gasteiger charge is 2.20. The Kier molecular flexibility index (Phi) is 6.53. The first-order chi connectivity index (χ1) is 15.1. The molecular formula is C25H24ClN3O2. The second-order valence-electron chi connectivity index (χ2n) is 7.56. The number of halogens is 1. The molecule has 1 aliphatic rings. The third-order valence-electron chi connectivity index (χ3n) is 5.33. The van der Waals surface area contributed by atoms with Crippen molar-refractivity contribution in [2.45, 2.75) is 19.4 Å². The van der Waals surface area contributed by atoms with Gasteiger partial charge in [-0.25, -0.2) is 0 Å². The second kappa shape index (κ2) is 9.67. The highest BCUT2D eigenvalue weighted by molar-refractivity contribution is 6.31. The predicted molar refractivity (Wildman–Crippen MR) is 125 cm³/mol. The van der Waals surface area contributed by atoms with Crippen LogP contribution >= 0.6 is 11.6 Å². The molecule has 0 spiro atoms. The monoisotopic (exact) mass is 433 g/mol.